The molecular formula is C22H20BrNO5. The van der Waals surface area contributed by atoms with Crippen LogP contribution in [-0.4, -0.2) is 41.1 Å². The summed E-state index contributed by atoms with van der Waals surface area (Å²) in [5.74, 6) is -2.71. The molecule has 0 saturated carbocycles. The van der Waals surface area contributed by atoms with E-state index in [-0.39, 0.29) is 18.8 Å². The zero-order chi connectivity index (χ0) is 21.0. The molecule has 2 amide bonds. The molecule has 2 aromatic rings. The summed E-state index contributed by atoms with van der Waals surface area (Å²) in [6, 6.07) is 15.6. The number of halogens is 1. The average Bonchev–Trinajstić information content (AvgIpc) is 3.06. The van der Waals surface area contributed by atoms with Crippen LogP contribution in [0.15, 0.2) is 59.1 Å². The zero-order valence-electron chi connectivity index (χ0n) is 15.8. The minimum atomic E-state index is -1.23. The molecule has 1 aliphatic heterocycles. The van der Waals surface area contributed by atoms with Gasteiger partial charge in [0.25, 0.3) is 0 Å². The Balaban J connectivity index is 1.77. The van der Waals surface area contributed by atoms with Gasteiger partial charge in [-0.1, -0.05) is 58.4 Å². The molecule has 1 aliphatic rings. The highest BCUT2D eigenvalue weighted by atomic mass is 79.9. The second-order valence-corrected chi connectivity index (χ2v) is 7.84. The van der Waals surface area contributed by atoms with Gasteiger partial charge in [0.15, 0.2) is 5.78 Å². The van der Waals surface area contributed by atoms with Gasteiger partial charge in [0.1, 0.15) is 18.3 Å². The van der Waals surface area contributed by atoms with E-state index < -0.39 is 29.7 Å². The lowest BCUT2D eigenvalue weighted by molar-refractivity contribution is -0.138. The number of carbonyl (C=O) groups excluding carboxylic acids is 4. The summed E-state index contributed by atoms with van der Waals surface area (Å²) in [7, 11) is 0. The number of nitrogens with zero attached hydrogens (tertiary/aromatic N) is 1. The molecule has 2 aromatic carbocycles. The number of cyclic esters (lactones) is 1. The van der Waals surface area contributed by atoms with Crippen LogP contribution in [0.5, 0.6) is 0 Å². The van der Waals surface area contributed by atoms with Crippen molar-refractivity contribution in [3.05, 3.63) is 70.2 Å². The van der Waals surface area contributed by atoms with Gasteiger partial charge in [0.2, 0.25) is 5.91 Å². The fourth-order valence-electron chi connectivity index (χ4n) is 3.28. The van der Waals surface area contributed by atoms with Gasteiger partial charge in [-0.15, -0.1) is 0 Å². The fraction of sp³-hybridized carbons (Fsp3) is 0.273. The molecule has 150 valence electrons. The van der Waals surface area contributed by atoms with Crippen molar-refractivity contribution in [3.63, 3.8) is 0 Å². The van der Waals surface area contributed by atoms with E-state index >= 15 is 0 Å². The van der Waals surface area contributed by atoms with Crippen molar-refractivity contribution in [2.24, 2.45) is 5.92 Å². The smallest absolute Gasteiger partial charge is 0.417 e. The standard InChI is InChI=1S/C22H20BrNO5/c1-14(25)19(12-20(26)16-7-9-17(23)10-8-16)21(27)24-18(13-29-22(24)28)11-15-5-3-2-4-6-15/h2-10,18-19H,11-13H2,1H3/t18-,19-/m0/s1. The number of benzene rings is 2. The van der Waals surface area contributed by atoms with E-state index in [0.717, 1.165) is 14.9 Å². The largest absolute Gasteiger partial charge is 0.447 e. The van der Waals surface area contributed by atoms with Crippen LogP contribution in [0.2, 0.25) is 0 Å². The molecule has 0 spiro atoms. The Morgan fingerprint density at radius 2 is 1.76 bits per heavy atom. The maximum atomic E-state index is 13.1. The molecule has 1 fully saturated rings. The Labute approximate surface area is 177 Å². The van der Waals surface area contributed by atoms with Gasteiger partial charge in [0, 0.05) is 16.5 Å². The summed E-state index contributed by atoms with van der Waals surface area (Å²) in [6.45, 7) is 1.32. The first kappa shape index (κ1) is 20.9. The number of Topliss-reactive ketones (excluding diaryl/α,β-unsaturated/α-hetero) is 2. The minimum Gasteiger partial charge on any atom is -0.447 e. The summed E-state index contributed by atoms with van der Waals surface area (Å²) in [5, 5.41) is 0. The monoisotopic (exact) mass is 457 g/mol. The van der Waals surface area contributed by atoms with Crippen molar-refractivity contribution in [1.29, 1.82) is 0 Å². The molecule has 0 bridgehead atoms. The topological polar surface area (TPSA) is 80.8 Å². The van der Waals surface area contributed by atoms with E-state index in [0.29, 0.717) is 12.0 Å². The van der Waals surface area contributed by atoms with Crippen molar-refractivity contribution in [1.82, 2.24) is 4.90 Å². The highest BCUT2D eigenvalue weighted by Crippen LogP contribution is 2.23. The SMILES string of the molecule is CC(=O)[C@H](CC(=O)c1ccc(Br)cc1)C(=O)N1C(=O)OC[C@@H]1Cc1ccccc1. The molecule has 29 heavy (non-hydrogen) atoms. The molecule has 0 unspecified atom stereocenters. The summed E-state index contributed by atoms with van der Waals surface area (Å²) in [4.78, 5) is 51.0. The number of hydrogen-bond acceptors (Lipinski definition) is 5. The lowest BCUT2D eigenvalue weighted by Crippen LogP contribution is -2.45. The molecule has 1 heterocycles. The Bertz CT molecular complexity index is 926. The molecule has 0 N–H and O–H groups in total. The highest BCUT2D eigenvalue weighted by molar-refractivity contribution is 9.10. The third-order valence-electron chi connectivity index (χ3n) is 4.86. The number of rotatable bonds is 7. The molecule has 7 heteroatoms. The summed E-state index contributed by atoms with van der Waals surface area (Å²) in [5.41, 5.74) is 1.34. The zero-order valence-corrected chi connectivity index (χ0v) is 17.4. The minimum absolute atomic E-state index is 0.0603. The van der Waals surface area contributed by atoms with Gasteiger partial charge < -0.3 is 4.74 Å². The lowest BCUT2D eigenvalue weighted by Gasteiger charge is -2.23. The van der Waals surface area contributed by atoms with E-state index in [1.54, 1.807) is 24.3 Å². The lowest BCUT2D eigenvalue weighted by atomic mass is 9.93. The van der Waals surface area contributed by atoms with Gasteiger partial charge in [-0.05, 0) is 31.0 Å². The number of imide groups is 1. The second kappa shape index (κ2) is 9.13. The van der Waals surface area contributed by atoms with E-state index in [1.165, 1.54) is 6.92 Å². The summed E-state index contributed by atoms with van der Waals surface area (Å²) in [6.07, 6.45) is -0.653. The predicted octanol–water partition coefficient (Wildman–Crippen LogP) is 3.82. The van der Waals surface area contributed by atoms with Crippen LogP contribution < -0.4 is 0 Å². The molecule has 1 saturated heterocycles. The van der Waals surface area contributed by atoms with Crippen molar-refractivity contribution < 1.29 is 23.9 Å². The fourth-order valence-corrected chi connectivity index (χ4v) is 3.54. The van der Waals surface area contributed by atoms with E-state index in [9.17, 15) is 19.2 Å². The normalized spacial score (nSPS) is 17.0. The molecule has 0 aliphatic carbocycles. The number of ether oxygens (including phenoxy) is 1. The van der Waals surface area contributed by atoms with Crippen LogP contribution in [0.3, 0.4) is 0 Å². The molecule has 0 radical (unpaired) electrons. The predicted molar refractivity (Wildman–Crippen MR) is 109 cm³/mol. The second-order valence-electron chi connectivity index (χ2n) is 6.93. The van der Waals surface area contributed by atoms with Crippen LogP contribution in [-0.2, 0) is 20.7 Å². The molecule has 2 atom stereocenters. The molecule has 0 aromatic heterocycles. The Morgan fingerprint density at radius 1 is 1.10 bits per heavy atom. The first-order valence-electron chi connectivity index (χ1n) is 9.19. The third kappa shape index (κ3) is 4.98. The Kier molecular flexibility index (Phi) is 6.59. The van der Waals surface area contributed by atoms with E-state index in [1.807, 2.05) is 30.3 Å². The first-order valence-corrected chi connectivity index (χ1v) is 9.99. The van der Waals surface area contributed by atoms with Crippen molar-refractivity contribution in [3.8, 4) is 0 Å². The van der Waals surface area contributed by atoms with Crippen LogP contribution in [0.25, 0.3) is 0 Å². The van der Waals surface area contributed by atoms with Crippen molar-refractivity contribution in [2.75, 3.05) is 6.61 Å². The number of amides is 2. The molecule has 3 rings (SSSR count). The van der Waals surface area contributed by atoms with Gasteiger partial charge >= 0.3 is 6.09 Å². The third-order valence-corrected chi connectivity index (χ3v) is 5.39. The van der Waals surface area contributed by atoms with Crippen LogP contribution in [0.4, 0.5) is 4.79 Å². The van der Waals surface area contributed by atoms with Gasteiger partial charge in [-0.25, -0.2) is 9.69 Å². The van der Waals surface area contributed by atoms with Crippen LogP contribution in [0, 0.1) is 5.92 Å². The van der Waals surface area contributed by atoms with Crippen LogP contribution in [0.1, 0.15) is 29.3 Å². The summed E-state index contributed by atoms with van der Waals surface area (Å²) >= 11 is 3.30. The van der Waals surface area contributed by atoms with E-state index in [4.69, 9.17) is 4.74 Å². The summed E-state index contributed by atoms with van der Waals surface area (Å²) < 4.78 is 5.89. The maximum Gasteiger partial charge on any atom is 0.417 e. The number of carbonyl (C=O) groups is 4. The Hall–Kier alpha value is -2.80. The first-order chi connectivity index (χ1) is 13.9. The Morgan fingerprint density at radius 3 is 2.38 bits per heavy atom. The maximum absolute atomic E-state index is 13.1. The average molecular weight is 458 g/mol. The van der Waals surface area contributed by atoms with Crippen LogP contribution >= 0.6 is 15.9 Å². The van der Waals surface area contributed by atoms with Gasteiger partial charge in [-0.2, -0.15) is 0 Å². The van der Waals surface area contributed by atoms with Crippen molar-refractivity contribution >= 4 is 39.5 Å². The molecular weight excluding hydrogens is 438 g/mol. The quantitative estimate of drug-likeness (QED) is 0.466. The highest BCUT2D eigenvalue weighted by Gasteiger charge is 2.42. The number of hydrogen-bond donors (Lipinski definition) is 0. The van der Waals surface area contributed by atoms with Crippen molar-refractivity contribution in [2.45, 2.75) is 25.8 Å². The van der Waals surface area contributed by atoms with Gasteiger partial charge in [0.05, 0.1) is 6.04 Å². The van der Waals surface area contributed by atoms with E-state index in [2.05, 4.69) is 15.9 Å². The number of ketones is 2. The van der Waals surface area contributed by atoms with Gasteiger partial charge in [-0.3, -0.25) is 14.4 Å². The molecule has 6 nitrogen and oxygen atoms in total.